The molecule has 174 valence electrons. The highest BCUT2D eigenvalue weighted by Gasteiger charge is 2.17. The Balaban J connectivity index is 1.60. The van der Waals surface area contributed by atoms with Crippen LogP contribution in [0.1, 0.15) is 20.8 Å². The van der Waals surface area contributed by atoms with Crippen molar-refractivity contribution in [3.8, 4) is 33.4 Å². The molecule has 0 fully saturated rings. The molecule has 2 aromatic heterocycles. The Morgan fingerprint density at radius 1 is 0.824 bits per heavy atom. The first kappa shape index (κ1) is 23.6. The number of carbonyl (C=O) groups excluding carboxylic acids is 1. The van der Waals surface area contributed by atoms with Crippen LogP contribution in [0.25, 0.3) is 16.5 Å². The minimum absolute atomic E-state index is 0.219. The van der Waals surface area contributed by atoms with Crippen LogP contribution in [0.5, 0.6) is 23.0 Å². The normalized spacial score (nSPS) is 10.9. The minimum Gasteiger partial charge on any atom is -0.496 e. The Hall–Kier alpha value is -3.55. The molecule has 0 saturated carbocycles. The molecule has 7 heteroatoms. The SMILES string of the molecule is COc1ccc(-c2cccs2)cc1/C=C/C(=O)c1cc(OC)c(OCc2cccs2)cc1OC. The lowest BCUT2D eigenvalue weighted by molar-refractivity contribution is 0.104. The van der Waals surface area contributed by atoms with E-state index in [2.05, 4.69) is 6.07 Å². The van der Waals surface area contributed by atoms with Crippen LogP contribution < -0.4 is 18.9 Å². The van der Waals surface area contributed by atoms with E-state index >= 15 is 0 Å². The van der Waals surface area contributed by atoms with Crippen LogP contribution in [0.3, 0.4) is 0 Å². The molecule has 4 rings (SSSR count). The number of thiophene rings is 2. The average molecular weight is 493 g/mol. The van der Waals surface area contributed by atoms with Crippen LogP contribution in [0.15, 0.2) is 71.4 Å². The number of carbonyl (C=O) groups is 1. The Bertz CT molecular complexity index is 1270. The highest BCUT2D eigenvalue weighted by molar-refractivity contribution is 7.13. The molecule has 0 saturated heterocycles. The Morgan fingerprint density at radius 2 is 1.59 bits per heavy atom. The fourth-order valence-electron chi connectivity index (χ4n) is 3.43. The first-order valence-electron chi connectivity index (χ1n) is 10.5. The van der Waals surface area contributed by atoms with Crippen molar-refractivity contribution in [1.82, 2.24) is 0 Å². The van der Waals surface area contributed by atoms with Gasteiger partial charge in [0, 0.05) is 21.4 Å². The topological polar surface area (TPSA) is 54.0 Å². The molecule has 0 aliphatic rings. The molecule has 2 aromatic carbocycles. The van der Waals surface area contributed by atoms with E-state index in [0.717, 1.165) is 20.9 Å². The van der Waals surface area contributed by atoms with Crippen LogP contribution in [-0.2, 0) is 6.61 Å². The molecule has 0 radical (unpaired) electrons. The van der Waals surface area contributed by atoms with E-state index in [1.807, 2.05) is 47.2 Å². The van der Waals surface area contributed by atoms with Gasteiger partial charge in [0.25, 0.3) is 0 Å². The second-order valence-electron chi connectivity index (χ2n) is 7.20. The van der Waals surface area contributed by atoms with Crippen LogP contribution in [0.4, 0.5) is 0 Å². The summed E-state index contributed by atoms with van der Waals surface area (Å²) < 4.78 is 22.4. The van der Waals surface area contributed by atoms with Gasteiger partial charge in [-0.15, -0.1) is 22.7 Å². The highest BCUT2D eigenvalue weighted by Crippen LogP contribution is 2.36. The van der Waals surface area contributed by atoms with Crippen molar-refractivity contribution in [1.29, 1.82) is 0 Å². The third kappa shape index (κ3) is 5.32. The number of rotatable bonds is 10. The van der Waals surface area contributed by atoms with E-state index in [9.17, 15) is 4.79 Å². The van der Waals surface area contributed by atoms with E-state index in [4.69, 9.17) is 18.9 Å². The van der Waals surface area contributed by atoms with Gasteiger partial charge >= 0.3 is 0 Å². The Kier molecular flexibility index (Phi) is 7.67. The number of allylic oxidation sites excluding steroid dienone is 1. The zero-order valence-corrected chi connectivity index (χ0v) is 20.7. The lowest BCUT2D eigenvalue weighted by Gasteiger charge is -2.14. The average Bonchev–Trinajstić information content (AvgIpc) is 3.60. The first-order chi connectivity index (χ1) is 16.6. The van der Waals surface area contributed by atoms with Crippen molar-refractivity contribution in [3.05, 3.63) is 87.4 Å². The number of benzene rings is 2. The summed E-state index contributed by atoms with van der Waals surface area (Å²) in [5.41, 5.74) is 2.26. The van der Waals surface area contributed by atoms with Crippen molar-refractivity contribution in [2.24, 2.45) is 0 Å². The van der Waals surface area contributed by atoms with Gasteiger partial charge in [0.05, 0.1) is 26.9 Å². The molecule has 4 aromatic rings. The molecule has 0 unspecified atom stereocenters. The summed E-state index contributed by atoms with van der Waals surface area (Å²) in [6.07, 6.45) is 3.27. The lowest BCUT2D eigenvalue weighted by atomic mass is 10.0. The van der Waals surface area contributed by atoms with Gasteiger partial charge in [-0.05, 0) is 64.9 Å². The van der Waals surface area contributed by atoms with Gasteiger partial charge in [-0.1, -0.05) is 12.1 Å². The molecule has 0 bridgehead atoms. The summed E-state index contributed by atoms with van der Waals surface area (Å²) in [6, 6.07) is 17.3. The van der Waals surface area contributed by atoms with Crippen LogP contribution in [0, 0.1) is 0 Å². The second kappa shape index (κ2) is 11.0. The van der Waals surface area contributed by atoms with Gasteiger partial charge in [0.2, 0.25) is 0 Å². The van der Waals surface area contributed by atoms with E-state index in [0.29, 0.717) is 35.2 Å². The number of methoxy groups -OCH3 is 3. The van der Waals surface area contributed by atoms with E-state index in [1.165, 1.54) is 13.2 Å². The predicted molar refractivity (Wildman–Crippen MR) is 138 cm³/mol. The minimum atomic E-state index is -0.219. The molecule has 34 heavy (non-hydrogen) atoms. The maximum Gasteiger partial charge on any atom is 0.189 e. The lowest BCUT2D eigenvalue weighted by Crippen LogP contribution is -2.03. The second-order valence-corrected chi connectivity index (χ2v) is 9.18. The molecule has 0 aliphatic heterocycles. The summed E-state index contributed by atoms with van der Waals surface area (Å²) >= 11 is 3.27. The maximum absolute atomic E-state index is 13.1. The zero-order valence-electron chi connectivity index (χ0n) is 19.1. The molecule has 0 N–H and O–H groups in total. The van der Waals surface area contributed by atoms with Crippen LogP contribution in [-0.4, -0.2) is 27.1 Å². The number of hydrogen-bond donors (Lipinski definition) is 0. The molecular weight excluding hydrogens is 468 g/mol. The molecule has 0 spiro atoms. The van der Waals surface area contributed by atoms with E-state index in [1.54, 1.807) is 55.1 Å². The Morgan fingerprint density at radius 3 is 2.26 bits per heavy atom. The fraction of sp³-hybridized carbons (Fsp3) is 0.148. The quantitative estimate of drug-likeness (QED) is 0.177. The highest BCUT2D eigenvalue weighted by atomic mass is 32.1. The fourth-order valence-corrected chi connectivity index (χ4v) is 4.77. The predicted octanol–water partition coefficient (Wildman–Crippen LogP) is 6.98. The summed E-state index contributed by atoms with van der Waals surface area (Å²) in [6.45, 7) is 0.407. The van der Waals surface area contributed by atoms with Gasteiger partial charge in [-0.2, -0.15) is 0 Å². The van der Waals surface area contributed by atoms with Crippen LogP contribution in [0.2, 0.25) is 0 Å². The number of ketones is 1. The van der Waals surface area contributed by atoms with Crippen molar-refractivity contribution < 1.29 is 23.7 Å². The molecular formula is C27H24O5S2. The summed E-state index contributed by atoms with van der Waals surface area (Å²) in [5, 5.41) is 4.03. The third-order valence-corrected chi connectivity index (χ3v) is 6.92. The largest absolute Gasteiger partial charge is 0.496 e. The van der Waals surface area contributed by atoms with Gasteiger partial charge < -0.3 is 18.9 Å². The molecule has 5 nitrogen and oxygen atoms in total. The van der Waals surface area contributed by atoms with Gasteiger partial charge in [0.1, 0.15) is 18.1 Å². The number of ether oxygens (including phenoxy) is 4. The van der Waals surface area contributed by atoms with Gasteiger partial charge in [-0.3, -0.25) is 4.79 Å². The van der Waals surface area contributed by atoms with Crippen molar-refractivity contribution in [2.75, 3.05) is 21.3 Å². The molecule has 2 heterocycles. The molecule has 0 atom stereocenters. The van der Waals surface area contributed by atoms with Crippen LogP contribution >= 0.6 is 22.7 Å². The standard InChI is InChI=1S/C27H24O5S2/c1-29-23-11-9-19(27-7-5-13-34-27)14-18(23)8-10-22(28)21-15-25(31-3)26(16-24(21)30-2)32-17-20-6-4-12-33-20/h4-16H,17H2,1-3H3/b10-8+. The van der Waals surface area contributed by atoms with E-state index < -0.39 is 0 Å². The summed E-state index contributed by atoms with van der Waals surface area (Å²) in [7, 11) is 4.69. The maximum atomic E-state index is 13.1. The molecule has 0 amide bonds. The first-order valence-corrected chi connectivity index (χ1v) is 12.2. The van der Waals surface area contributed by atoms with Crippen molar-refractivity contribution in [3.63, 3.8) is 0 Å². The van der Waals surface area contributed by atoms with E-state index in [-0.39, 0.29) is 5.78 Å². The third-order valence-electron chi connectivity index (χ3n) is 5.15. The smallest absolute Gasteiger partial charge is 0.189 e. The van der Waals surface area contributed by atoms with Gasteiger partial charge in [-0.25, -0.2) is 0 Å². The summed E-state index contributed by atoms with van der Waals surface area (Å²) in [4.78, 5) is 15.4. The number of hydrogen-bond acceptors (Lipinski definition) is 7. The van der Waals surface area contributed by atoms with Gasteiger partial charge in [0.15, 0.2) is 17.3 Å². The monoisotopic (exact) mass is 492 g/mol. The Labute approximate surface area is 206 Å². The van der Waals surface area contributed by atoms with Crippen molar-refractivity contribution in [2.45, 2.75) is 6.61 Å². The molecule has 0 aliphatic carbocycles. The zero-order chi connectivity index (χ0) is 23.9. The summed E-state index contributed by atoms with van der Waals surface area (Å²) in [5.74, 6) is 1.86. The van der Waals surface area contributed by atoms with Crippen molar-refractivity contribution >= 4 is 34.5 Å².